The lowest BCUT2D eigenvalue weighted by molar-refractivity contribution is -0.145. The number of hydrogen-bond donors (Lipinski definition) is 0. The van der Waals surface area contributed by atoms with Gasteiger partial charge in [-0.3, -0.25) is 9.59 Å². The van der Waals surface area contributed by atoms with Crippen molar-refractivity contribution >= 4 is 23.4 Å². The van der Waals surface area contributed by atoms with Crippen LogP contribution in [0.25, 0.3) is 0 Å². The van der Waals surface area contributed by atoms with Crippen LogP contribution in [-0.2, 0) is 14.3 Å². The van der Waals surface area contributed by atoms with Crippen LogP contribution in [0.15, 0.2) is 0 Å². The van der Waals surface area contributed by atoms with Crippen LogP contribution in [0, 0.1) is 0 Å². The van der Waals surface area contributed by atoms with Gasteiger partial charge < -0.3 is 4.74 Å². The molecule has 0 heterocycles. The number of esters is 1. The summed E-state index contributed by atoms with van der Waals surface area (Å²) in [6.45, 7) is 1.98. The molecule has 0 saturated carbocycles. The van der Waals surface area contributed by atoms with E-state index in [1.807, 2.05) is 0 Å². The topological polar surface area (TPSA) is 43.4 Å². The Morgan fingerprint density at radius 1 is 1.50 bits per heavy atom. The minimum Gasteiger partial charge on any atom is -0.466 e. The van der Waals surface area contributed by atoms with Crippen molar-refractivity contribution in [3.05, 3.63) is 0 Å². The first-order valence-electron chi connectivity index (χ1n) is 2.94. The zero-order chi connectivity index (χ0) is 7.98. The maximum Gasteiger partial charge on any atom is 0.313 e. The van der Waals surface area contributed by atoms with Crippen LogP contribution in [0.4, 0.5) is 0 Å². The Balaban J connectivity index is 3.47. The Morgan fingerprint density at radius 3 is 2.50 bits per heavy atom. The zero-order valence-corrected chi connectivity index (χ0v) is 6.48. The third-order valence-corrected chi connectivity index (χ3v) is 1.09. The van der Waals surface area contributed by atoms with Crippen LogP contribution < -0.4 is 0 Å². The predicted molar refractivity (Wildman–Crippen MR) is 37.0 cm³/mol. The zero-order valence-electron chi connectivity index (χ0n) is 5.72. The van der Waals surface area contributed by atoms with E-state index in [1.54, 1.807) is 6.92 Å². The number of hydrogen-bond acceptors (Lipinski definition) is 3. The molecule has 0 aliphatic carbocycles. The fourth-order valence-corrected chi connectivity index (χ4v) is 0.515. The van der Waals surface area contributed by atoms with Gasteiger partial charge in [0.1, 0.15) is 6.42 Å². The van der Waals surface area contributed by atoms with Gasteiger partial charge in [0.25, 0.3) is 0 Å². The lowest BCUT2D eigenvalue weighted by Gasteiger charge is -1.97. The van der Waals surface area contributed by atoms with Gasteiger partial charge in [-0.1, -0.05) is 0 Å². The summed E-state index contributed by atoms with van der Waals surface area (Å²) in [6.07, 6.45) is -0.211. The molecule has 0 atom stereocenters. The van der Waals surface area contributed by atoms with E-state index in [2.05, 4.69) is 4.74 Å². The molecule has 0 aliphatic heterocycles. The summed E-state index contributed by atoms with van der Waals surface area (Å²) in [7, 11) is 0. The van der Waals surface area contributed by atoms with Crippen LogP contribution in [-0.4, -0.2) is 24.2 Å². The Bertz CT molecular complexity index is 133. The van der Waals surface area contributed by atoms with Crippen LogP contribution >= 0.6 is 11.6 Å². The van der Waals surface area contributed by atoms with Crippen LogP contribution in [0.1, 0.15) is 13.3 Å². The molecule has 0 aromatic rings. The fraction of sp³-hybridized carbons (Fsp3) is 0.667. The summed E-state index contributed by atoms with van der Waals surface area (Å²) in [5.74, 6) is -0.938. The smallest absolute Gasteiger partial charge is 0.313 e. The SMILES string of the molecule is CCO[13C](=O)[13CH2][13C](=O)[13CH2]Cl. The average molecular weight is 169 g/mol. The molecule has 0 rings (SSSR count). The minimum absolute atomic E-state index is 0.126. The first-order valence-corrected chi connectivity index (χ1v) is 3.47. The summed E-state index contributed by atoms with van der Waals surface area (Å²) in [6, 6.07) is 0. The summed E-state index contributed by atoms with van der Waals surface area (Å²) in [5, 5.41) is 0. The molecule has 0 aromatic heterocycles. The maximum absolute atomic E-state index is 10.5. The van der Waals surface area contributed by atoms with Gasteiger partial charge in [0, 0.05) is 0 Å². The Kier molecular flexibility index (Phi) is 4.94. The van der Waals surface area contributed by atoms with E-state index in [0.29, 0.717) is 6.61 Å². The Labute approximate surface area is 64.3 Å². The van der Waals surface area contributed by atoms with Crippen molar-refractivity contribution in [2.75, 3.05) is 12.5 Å². The molecule has 0 radical (unpaired) electrons. The fourth-order valence-electron chi connectivity index (χ4n) is 0.420. The van der Waals surface area contributed by atoms with Gasteiger partial charge in [-0.2, -0.15) is 0 Å². The lowest BCUT2D eigenvalue weighted by atomic mass is 10.9. The summed E-state index contributed by atoms with van der Waals surface area (Å²) in [4.78, 5) is 21.0. The molecule has 58 valence electrons. The molecule has 0 bridgehead atoms. The third kappa shape index (κ3) is 4.32. The number of alkyl halides is 1. The molecule has 0 aromatic carbocycles. The number of carbonyl (C=O) groups is 2. The highest BCUT2D eigenvalue weighted by molar-refractivity contribution is 6.28. The number of ether oxygens (including phenoxy) is 1. The lowest BCUT2D eigenvalue weighted by Crippen LogP contribution is -2.11. The average Bonchev–Trinajstić information content (AvgIpc) is 1.88. The molecule has 10 heavy (non-hydrogen) atoms. The van der Waals surface area contributed by atoms with Crippen LogP contribution in [0.2, 0.25) is 0 Å². The van der Waals surface area contributed by atoms with Gasteiger partial charge in [-0.15, -0.1) is 11.6 Å². The molecule has 0 aliphatic rings. The first kappa shape index (κ1) is 9.43. The molecular formula is C6H9ClO3. The Hall–Kier alpha value is -0.570. The van der Waals surface area contributed by atoms with Crippen LogP contribution in [0.3, 0.4) is 0 Å². The van der Waals surface area contributed by atoms with E-state index in [1.165, 1.54) is 0 Å². The normalized spacial score (nSPS) is 9.00. The van der Waals surface area contributed by atoms with Crippen LogP contribution in [0.5, 0.6) is 0 Å². The van der Waals surface area contributed by atoms with Crippen molar-refractivity contribution in [1.29, 1.82) is 0 Å². The molecule has 0 fully saturated rings. The molecular weight excluding hydrogens is 159 g/mol. The summed E-state index contributed by atoms with van der Waals surface area (Å²) < 4.78 is 4.50. The van der Waals surface area contributed by atoms with E-state index in [0.717, 1.165) is 0 Å². The first-order chi connectivity index (χ1) is 4.70. The van der Waals surface area contributed by atoms with E-state index >= 15 is 0 Å². The number of halogens is 1. The molecule has 0 saturated heterocycles. The van der Waals surface area contributed by atoms with Crippen molar-refractivity contribution < 1.29 is 14.3 Å². The number of ketones is 1. The predicted octanol–water partition coefficient (Wildman–Crippen LogP) is 0.748. The molecule has 0 unspecified atom stereocenters. The minimum atomic E-state index is -0.506. The second kappa shape index (κ2) is 5.23. The summed E-state index contributed by atoms with van der Waals surface area (Å²) in [5.41, 5.74) is 0. The van der Waals surface area contributed by atoms with Gasteiger partial charge in [0.15, 0.2) is 5.78 Å². The second-order valence-corrected chi connectivity index (χ2v) is 1.92. The Morgan fingerprint density at radius 2 is 2.10 bits per heavy atom. The van der Waals surface area contributed by atoms with Gasteiger partial charge in [0.2, 0.25) is 0 Å². The van der Waals surface area contributed by atoms with Gasteiger partial charge in [-0.25, -0.2) is 0 Å². The second-order valence-electron chi connectivity index (χ2n) is 1.65. The largest absolute Gasteiger partial charge is 0.466 e. The van der Waals surface area contributed by atoms with E-state index in [4.69, 9.17) is 11.6 Å². The highest BCUT2D eigenvalue weighted by Crippen LogP contribution is 1.90. The number of Topliss-reactive ketones (excluding diaryl/α,β-unsaturated/α-hetero) is 1. The molecule has 0 amide bonds. The maximum atomic E-state index is 10.5. The van der Waals surface area contributed by atoms with E-state index < -0.39 is 5.97 Å². The number of carbonyl (C=O) groups excluding carboxylic acids is 2. The monoisotopic (exact) mass is 168 g/mol. The van der Waals surface area contributed by atoms with Crippen molar-refractivity contribution in [3.8, 4) is 0 Å². The standard InChI is InChI=1S/C6H9ClO3/c1-2-10-6(9)3-5(8)4-7/h2-4H2,1H3/i3+1,4+1,5+1,6+1. The van der Waals surface area contributed by atoms with Crippen molar-refractivity contribution in [1.82, 2.24) is 0 Å². The van der Waals surface area contributed by atoms with E-state index in [9.17, 15) is 9.59 Å². The quantitative estimate of drug-likeness (QED) is 0.269. The molecule has 4 heteroatoms. The number of rotatable bonds is 4. The molecule has 0 N–H and O–H groups in total. The van der Waals surface area contributed by atoms with E-state index in [-0.39, 0.29) is 18.1 Å². The van der Waals surface area contributed by atoms with Gasteiger partial charge in [-0.05, 0) is 6.92 Å². The van der Waals surface area contributed by atoms with Gasteiger partial charge >= 0.3 is 5.97 Å². The van der Waals surface area contributed by atoms with Crippen molar-refractivity contribution in [2.45, 2.75) is 13.3 Å². The highest BCUT2D eigenvalue weighted by atomic mass is 35.5. The van der Waals surface area contributed by atoms with Crippen molar-refractivity contribution in [2.24, 2.45) is 0 Å². The van der Waals surface area contributed by atoms with Crippen molar-refractivity contribution in [3.63, 3.8) is 0 Å². The molecule has 3 nitrogen and oxygen atoms in total. The van der Waals surface area contributed by atoms with Gasteiger partial charge in [0.05, 0.1) is 12.5 Å². The molecule has 0 spiro atoms. The summed E-state index contributed by atoms with van der Waals surface area (Å²) >= 11 is 5.14. The third-order valence-electron chi connectivity index (χ3n) is 0.796. The highest BCUT2D eigenvalue weighted by Gasteiger charge is 2.07.